The molecule has 0 unspecified atom stereocenters. The maximum Gasteiger partial charge on any atom is 0.172 e. The average molecular weight is 309 g/mol. The highest BCUT2D eigenvalue weighted by atomic mass is 32.2. The number of nitriles is 1. The van der Waals surface area contributed by atoms with Gasteiger partial charge in [-0.2, -0.15) is 5.26 Å². The van der Waals surface area contributed by atoms with Gasteiger partial charge in [0.05, 0.1) is 5.56 Å². The highest BCUT2D eigenvalue weighted by Gasteiger charge is 2.07. The smallest absolute Gasteiger partial charge is 0.172 e. The van der Waals surface area contributed by atoms with E-state index in [2.05, 4.69) is 4.98 Å². The third-order valence-electron chi connectivity index (χ3n) is 3.16. The fraction of sp³-hybridized carbons (Fsp3) is 0.0588. The number of rotatable bonds is 4. The van der Waals surface area contributed by atoms with Gasteiger partial charge in [-0.25, -0.2) is 9.37 Å². The number of nitrogens with zero attached hydrogens (tertiary/aromatic N) is 3. The Morgan fingerprint density at radius 1 is 1.18 bits per heavy atom. The summed E-state index contributed by atoms with van der Waals surface area (Å²) in [7, 11) is 0. The van der Waals surface area contributed by atoms with Crippen LogP contribution >= 0.6 is 11.8 Å². The van der Waals surface area contributed by atoms with Gasteiger partial charge in [-0.05, 0) is 29.8 Å². The van der Waals surface area contributed by atoms with Crippen molar-refractivity contribution < 1.29 is 4.39 Å². The topological polar surface area (TPSA) is 41.6 Å². The molecular weight excluding hydrogens is 297 g/mol. The molecule has 0 saturated carbocycles. The summed E-state index contributed by atoms with van der Waals surface area (Å²) in [5.74, 6) is 0.140. The summed E-state index contributed by atoms with van der Waals surface area (Å²) in [5.41, 5.74) is 2.01. The second-order valence-corrected chi connectivity index (χ2v) is 5.57. The Hall–Kier alpha value is -2.58. The van der Waals surface area contributed by atoms with E-state index in [0.717, 1.165) is 16.4 Å². The normalized spacial score (nSPS) is 10.4. The fourth-order valence-electron chi connectivity index (χ4n) is 2.08. The van der Waals surface area contributed by atoms with Crippen LogP contribution in [-0.4, -0.2) is 9.55 Å². The lowest BCUT2D eigenvalue weighted by molar-refractivity contribution is 0.623. The molecule has 0 amide bonds. The van der Waals surface area contributed by atoms with Gasteiger partial charge in [0, 0.05) is 23.8 Å². The standard InChI is InChI=1S/C17H12FN3S/c18-16-7-6-13(10-14(16)11-19)12-22-17-20-8-9-21(17)15-4-2-1-3-5-15/h1-10H,12H2. The Morgan fingerprint density at radius 3 is 2.77 bits per heavy atom. The minimum Gasteiger partial charge on any atom is -0.295 e. The molecule has 0 fully saturated rings. The van der Waals surface area contributed by atoms with Crippen LogP contribution in [0.4, 0.5) is 4.39 Å². The first-order valence-corrected chi connectivity index (χ1v) is 7.66. The molecule has 1 aromatic heterocycles. The van der Waals surface area contributed by atoms with Crippen LogP contribution in [0.5, 0.6) is 0 Å². The molecule has 0 N–H and O–H groups in total. The number of thioether (sulfide) groups is 1. The summed E-state index contributed by atoms with van der Waals surface area (Å²) in [5, 5.41) is 9.73. The van der Waals surface area contributed by atoms with Crippen molar-refractivity contribution in [3.8, 4) is 11.8 Å². The van der Waals surface area contributed by atoms with Crippen molar-refractivity contribution in [3.63, 3.8) is 0 Å². The van der Waals surface area contributed by atoms with E-state index in [-0.39, 0.29) is 5.56 Å². The van der Waals surface area contributed by atoms with Gasteiger partial charge < -0.3 is 0 Å². The summed E-state index contributed by atoms with van der Waals surface area (Å²) in [6.45, 7) is 0. The van der Waals surface area contributed by atoms with Gasteiger partial charge in [0.2, 0.25) is 0 Å². The molecule has 0 aliphatic carbocycles. The highest BCUT2D eigenvalue weighted by Crippen LogP contribution is 2.24. The van der Waals surface area contributed by atoms with E-state index < -0.39 is 5.82 Å². The first-order valence-electron chi connectivity index (χ1n) is 6.68. The Labute approximate surface area is 132 Å². The number of hydrogen-bond donors (Lipinski definition) is 0. The molecule has 3 nitrogen and oxygen atoms in total. The number of halogens is 1. The van der Waals surface area contributed by atoms with Crippen LogP contribution in [0.2, 0.25) is 0 Å². The molecule has 3 aromatic rings. The quantitative estimate of drug-likeness (QED) is 0.679. The molecule has 0 saturated heterocycles. The summed E-state index contributed by atoms with van der Waals surface area (Å²) in [6.07, 6.45) is 3.66. The van der Waals surface area contributed by atoms with E-state index in [4.69, 9.17) is 5.26 Å². The Kier molecular flexibility index (Phi) is 4.22. The van der Waals surface area contributed by atoms with Crippen LogP contribution in [0.15, 0.2) is 66.1 Å². The van der Waals surface area contributed by atoms with Gasteiger partial charge in [0.25, 0.3) is 0 Å². The van der Waals surface area contributed by atoms with E-state index >= 15 is 0 Å². The molecular formula is C17H12FN3S. The molecule has 1 heterocycles. The zero-order chi connectivity index (χ0) is 15.4. The molecule has 0 atom stereocenters. The molecule has 0 spiro atoms. The third kappa shape index (κ3) is 3.02. The number of aromatic nitrogens is 2. The molecule has 2 aromatic carbocycles. The number of para-hydroxylation sites is 1. The predicted octanol–water partition coefficient (Wildman–Crippen LogP) is 4.18. The first kappa shape index (κ1) is 14.4. The number of benzene rings is 2. The third-order valence-corrected chi connectivity index (χ3v) is 4.20. The summed E-state index contributed by atoms with van der Waals surface area (Å²) in [6, 6.07) is 16.4. The lowest BCUT2D eigenvalue weighted by atomic mass is 10.1. The van der Waals surface area contributed by atoms with Crippen molar-refractivity contribution >= 4 is 11.8 Å². The van der Waals surface area contributed by atoms with E-state index in [1.807, 2.05) is 47.2 Å². The molecule has 108 valence electrons. The van der Waals surface area contributed by atoms with E-state index in [0.29, 0.717) is 5.75 Å². The minimum absolute atomic E-state index is 0.0736. The molecule has 5 heteroatoms. The van der Waals surface area contributed by atoms with E-state index in [1.54, 1.807) is 30.1 Å². The van der Waals surface area contributed by atoms with Gasteiger partial charge in [-0.1, -0.05) is 36.0 Å². The molecule has 0 bridgehead atoms. The van der Waals surface area contributed by atoms with Gasteiger partial charge in [-0.3, -0.25) is 4.57 Å². The summed E-state index contributed by atoms with van der Waals surface area (Å²) in [4.78, 5) is 4.35. The monoisotopic (exact) mass is 309 g/mol. The van der Waals surface area contributed by atoms with Crippen molar-refractivity contribution in [2.24, 2.45) is 0 Å². The number of hydrogen-bond acceptors (Lipinski definition) is 3. The van der Waals surface area contributed by atoms with E-state index in [9.17, 15) is 4.39 Å². The Bertz CT molecular complexity index is 821. The second kappa shape index (κ2) is 6.46. The molecule has 0 radical (unpaired) electrons. The maximum atomic E-state index is 13.3. The van der Waals surface area contributed by atoms with Crippen LogP contribution < -0.4 is 0 Å². The highest BCUT2D eigenvalue weighted by molar-refractivity contribution is 7.98. The SMILES string of the molecule is N#Cc1cc(CSc2nccn2-c2ccccc2)ccc1F. The molecule has 22 heavy (non-hydrogen) atoms. The summed E-state index contributed by atoms with van der Waals surface area (Å²) < 4.78 is 15.3. The molecule has 0 aliphatic heterocycles. The minimum atomic E-state index is -0.484. The molecule has 0 aliphatic rings. The largest absolute Gasteiger partial charge is 0.295 e. The van der Waals surface area contributed by atoms with Gasteiger partial charge in [0.15, 0.2) is 5.16 Å². The zero-order valence-electron chi connectivity index (χ0n) is 11.6. The van der Waals surface area contributed by atoms with Crippen LogP contribution in [0.1, 0.15) is 11.1 Å². The maximum absolute atomic E-state index is 13.3. The van der Waals surface area contributed by atoms with Crippen molar-refractivity contribution in [3.05, 3.63) is 77.9 Å². The zero-order valence-corrected chi connectivity index (χ0v) is 12.4. The van der Waals surface area contributed by atoms with Crippen molar-refractivity contribution in [1.29, 1.82) is 5.26 Å². The van der Waals surface area contributed by atoms with Crippen LogP contribution in [-0.2, 0) is 5.75 Å². The fourth-order valence-corrected chi connectivity index (χ4v) is 2.99. The van der Waals surface area contributed by atoms with Gasteiger partial charge >= 0.3 is 0 Å². The lowest BCUT2D eigenvalue weighted by Crippen LogP contribution is -1.95. The van der Waals surface area contributed by atoms with Gasteiger partial charge in [0.1, 0.15) is 11.9 Å². The second-order valence-electron chi connectivity index (χ2n) is 4.63. The van der Waals surface area contributed by atoms with Crippen molar-refractivity contribution in [2.45, 2.75) is 10.9 Å². The average Bonchev–Trinajstić information content (AvgIpc) is 3.03. The molecule has 3 rings (SSSR count). The Morgan fingerprint density at radius 2 is 2.00 bits per heavy atom. The van der Waals surface area contributed by atoms with Crippen LogP contribution in [0, 0.1) is 17.1 Å². The lowest BCUT2D eigenvalue weighted by Gasteiger charge is -2.07. The Balaban J connectivity index is 1.78. The van der Waals surface area contributed by atoms with Crippen molar-refractivity contribution in [1.82, 2.24) is 9.55 Å². The van der Waals surface area contributed by atoms with Crippen molar-refractivity contribution in [2.75, 3.05) is 0 Å². The van der Waals surface area contributed by atoms with E-state index in [1.165, 1.54) is 6.07 Å². The first-order chi connectivity index (χ1) is 10.8. The predicted molar refractivity (Wildman–Crippen MR) is 84.2 cm³/mol. The number of imidazole rings is 1. The van der Waals surface area contributed by atoms with Gasteiger partial charge in [-0.15, -0.1) is 0 Å². The van der Waals surface area contributed by atoms with Crippen LogP contribution in [0.25, 0.3) is 5.69 Å². The van der Waals surface area contributed by atoms with Crippen LogP contribution in [0.3, 0.4) is 0 Å². The summed E-state index contributed by atoms with van der Waals surface area (Å²) >= 11 is 1.55.